The van der Waals surface area contributed by atoms with E-state index in [9.17, 15) is 9.59 Å². The van der Waals surface area contributed by atoms with Crippen LogP contribution in [0, 0.1) is 0 Å². The number of carbonyl (C=O) groups excluding carboxylic acids is 2. The van der Waals surface area contributed by atoms with Gasteiger partial charge in [-0.3, -0.25) is 10.1 Å². The van der Waals surface area contributed by atoms with Crippen molar-refractivity contribution in [3.8, 4) is 11.3 Å². The van der Waals surface area contributed by atoms with Crippen LogP contribution in [0.25, 0.3) is 11.3 Å². The van der Waals surface area contributed by atoms with E-state index < -0.39 is 16.8 Å². The molecular formula is C18H24N4O2S. The largest absolute Gasteiger partial charge is 0.333 e. The van der Waals surface area contributed by atoms with E-state index in [0.29, 0.717) is 0 Å². The maximum atomic E-state index is 12.2. The molecule has 134 valence electrons. The summed E-state index contributed by atoms with van der Waals surface area (Å²) < 4.78 is 1.94. The average Bonchev–Trinajstić information content (AvgIpc) is 2.87. The zero-order valence-electron chi connectivity index (χ0n) is 15.2. The van der Waals surface area contributed by atoms with Crippen LogP contribution in [0.15, 0.2) is 41.7 Å². The Morgan fingerprint density at radius 3 is 2.44 bits per heavy atom. The molecule has 6 nitrogen and oxygen atoms in total. The van der Waals surface area contributed by atoms with Crippen molar-refractivity contribution in [1.82, 2.24) is 20.2 Å². The fraction of sp³-hybridized carbons (Fsp3) is 0.389. The molecule has 25 heavy (non-hydrogen) atoms. The highest BCUT2D eigenvalue weighted by molar-refractivity contribution is 8.00. The minimum absolute atomic E-state index is 0.351. The first-order valence-corrected chi connectivity index (χ1v) is 8.92. The van der Waals surface area contributed by atoms with Crippen molar-refractivity contribution in [2.24, 2.45) is 7.05 Å². The summed E-state index contributed by atoms with van der Waals surface area (Å²) in [5, 5.41) is 5.34. The maximum absolute atomic E-state index is 12.2. The number of hydrogen-bond acceptors (Lipinski definition) is 4. The first-order chi connectivity index (χ1) is 11.7. The van der Waals surface area contributed by atoms with Crippen LogP contribution in [0.4, 0.5) is 4.79 Å². The highest BCUT2D eigenvalue weighted by Gasteiger charge is 2.22. The quantitative estimate of drug-likeness (QED) is 0.821. The summed E-state index contributed by atoms with van der Waals surface area (Å²) in [5.74, 6) is -0.351. The van der Waals surface area contributed by atoms with Crippen LogP contribution in [-0.2, 0) is 11.8 Å². The number of imidazole rings is 1. The number of nitrogens with one attached hydrogen (secondary N) is 2. The molecular weight excluding hydrogens is 336 g/mol. The second-order valence-electron chi connectivity index (χ2n) is 6.80. The van der Waals surface area contributed by atoms with E-state index >= 15 is 0 Å². The Morgan fingerprint density at radius 1 is 1.20 bits per heavy atom. The van der Waals surface area contributed by atoms with Crippen molar-refractivity contribution in [3.05, 3.63) is 36.5 Å². The number of aromatic nitrogens is 2. The number of urea groups is 1. The van der Waals surface area contributed by atoms with Gasteiger partial charge in [-0.25, -0.2) is 9.78 Å². The number of benzene rings is 1. The molecule has 2 aromatic rings. The van der Waals surface area contributed by atoms with Gasteiger partial charge in [-0.1, -0.05) is 42.1 Å². The van der Waals surface area contributed by atoms with Gasteiger partial charge in [0.25, 0.3) is 0 Å². The lowest BCUT2D eigenvalue weighted by Crippen LogP contribution is -2.49. The molecule has 1 aromatic heterocycles. The van der Waals surface area contributed by atoms with Crippen LogP contribution >= 0.6 is 11.8 Å². The third-order valence-corrected chi connectivity index (χ3v) is 4.55. The molecule has 1 heterocycles. The first kappa shape index (κ1) is 19.1. The van der Waals surface area contributed by atoms with Crippen molar-refractivity contribution < 1.29 is 9.59 Å². The molecule has 0 aliphatic heterocycles. The lowest BCUT2D eigenvalue weighted by molar-refractivity contribution is -0.119. The molecule has 0 radical (unpaired) electrons. The third kappa shape index (κ3) is 5.35. The summed E-state index contributed by atoms with van der Waals surface area (Å²) in [6, 6.07) is 9.44. The highest BCUT2D eigenvalue weighted by atomic mass is 32.2. The lowest BCUT2D eigenvalue weighted by atomic mass is 10.1. The summed E-state index contributed by atoms with van der Waals surface area (Å²) in [6.07, 6.45) is 1.79. The summed E-state index contributed by atoms with van der Waals surface area (Å²) in [6.45, 7) is 7.32. The Labute approximate surface area is 152 Å². The fourth-order valence-electron chi connectivity index (χ4n) is 2.18. The van der Waals surface area contributed by atoms with Gasteiger partial charge < -0.3 is 9.88 Å². The smallest absolute Gasteiger partial charge is 0.321 e. The number of thioether (sulfide) groups is 1. The molecule has 0 saturated heterocycles. The monoisotopic (exact) mass is 360 g/mol. The normalized spacial score (nSPS) is 12.5. The molecule has 0 saturated carbocycles. The van der Waals surface area contributed by atoms with E-state index in [4.69, 9.17) is 0 Å². The average molecular weight is 360 g/mol. The Hall–Kier alpha value is -2.28. The molecule has 0 bridgehead atoms. The minimum Gasteiger partial charge on any atom is -0.333 e. The van der Waals surface area contributed by atoms with Gasteiger partial charge >= 0.3 is 6.03 Å². The van der Waals surface area contributed by atoms with Gasteiger partial charge in [-0.05, 0) is 33.3 Å². The van der Waals surface area contributed by atoms with Gasteiger partial charge in [0.15, 0.2) is 5.16 Å². The highest BCUT2D eigenvalue weighted by Crippen LogP contribution is 2.27. The summed E-state index contributed by atoms with van der Waals surface area (Å²) in [4.78, 5) is 28.4. The van der Waals surface area contributed by atoms with Gasteiger partial charge in [-0.15, -0.1) is 0 Å². The third-order valence-electron chi connectivity index (χ3n) is 3.39. The van der Waals surface area contributed by atoms with E-state index in [2.05, 4.69) is 15.6 Å². The molecule has 2 rings (SSSR count). The van der Waals surface area contributed by atoms with E-state index in [1.807, 2.05) is 62.7 Å². The van der Waals surface area contributed by atoms with Crippen LogP contribution in [0.1, 0.15) is 27.7 Å². The SMILES string of the molecule is CC(Sc1ncc(-c2ccccc2)n1C)C(=O)NC(=O)NC(C)(C)C. The molecule has 0 fully saturated rings. The van der Waals surface area contributed by atoms with Crippen molar-refractivity contribution in [3.63, 3.8) is 0 Å². The summed E-state index contributed by atoms with van der Waals surface area (Å²) in [7, 11) is 1.91. The standard InChI is InChI=1S/C18H24N4O2S/c1-12(15(23)20-16(24)21-18(2,3)4)25-17-19-11-14(22(17)5)13-9-7-6-8-10-13/h6-12H,1-5H3,(H2,20,21,23,24). The molecule has 1 atom stereocenters. The van der Waals surface area contributed by atoms with Crippen LogP contribution in [-0.4, -0.2) is 32.3 Å². The van der Waals surface area contributed by atoms with Crippen LogP contribution < -0.4 is 10.6 Å². The fourth-order valence-corrected chi connectivity index (χ4v) is 3.03. The number of rotatable bonds is 4. The van der Waals surface area contributed by atoms with Crippen molar-refractivity contribution >= 4 is 23.7 Å². The van der Waals surface area contributed by atoms with Gasteiger partial charge in [0, 0.05) is 12.6 Å². The number of nitrogens with zero attached hydrogens (tertiary/aromatic N) is 2. The number of carbonyl (C=O) groups is 2. The summed E-state index contributed by atoms with van der Waals surface area (Å²) in [5.41, 5.74) is 1.64. The van der Waals surface area contributed by atoms with Gasteiger partial charge in [0.1, 0.15) is 0 Å². The molecule has 1 unspecified atom stereocenters. The number of hydrogen-bond donors (Lipinski definition) is 2. The second kappa shape index (κ2) is 7.74. The molecule has 2 N–H and O–H groups in total. The van der Waals surface area contributed by atoms with Crippen molar-refractivity contribution in [1.29, 1.82) is 0 Å². The van der Waals surface area contributed by atoms with Crippen molar-refractivity contribution in [2.45, 2.75) is 43.6 Å². The Kier molecular flexibility index (Phi) is 5.89. The van der Waals surface area contributed by atoms with Crippen LogP contribution in [0.3, 0.4) is 0 Å². The lowest BCUT2D eigenvalue weighted by Gasteiger charge is -2.21. The Bertz CT molecular complexity index is 750. The number of amides is 3. The van der Waals surface area contributed by atoms with E-state index in [1.54, 1.807) is 13.1 Å². The van der Waals surface area contributed by atoms with E-state index in [1.165, 1.54) is 11.8 Å². The van der Waals surface area contributed by atoms with Gasteiger partial charge in [0.2, 0.25) is 5.91 Å². The predicted octanol–water partition coefficient (Wildman–Crippen LogP) is 3.19. The van der Waals surface area contributed by atoms with Crippen LogP contribution in [0.5, 0.6) is 0 Å². The first-order valence-electron chi connectivity index (χ1n) is 8.04. The predicted molar refractivity (Wildman–Crippen MR) is 100 cm³/mol. The number of imide groups is 1. The minimum atomic E-state index is -0.491. The van der Waals surface area contributed by atoms with E-state index in [-0.39, 0.29) is 5.91 Å². The molecule has 0 aliphatic rings. The van der Waals surface area contributed by atoms with Crippen molar-refractivity contribution in [2.75, 3.05) is 0 Å². The van der Waals surface area contributed by atoms with Gasteiger partial charge in [0.05, 0.1) is 17.1 Å². The molecule has 7 heteroatoms. The van der Waals surface area contributed by atoms with E-state index in [0.717, 1.165) is 16.4 Å². The zero-order chi connectivity index (χ0) is 18.6. The molecule has 1 aromatic carbocycles. The summed E-state index contributed by atoms with van der Waals surface area (Å²) >= 11 is 1.31. The zero-order valence-corrected chi connectivity index (χ0v) is 16.0. The Morgan fingerprint density at radius 2 is 1.84 bits per heavy atom. The maximum Gasteiger partial charge on any atom is 0.321 e. The molecule has 3 amide bonds. The molecule has 0 spiro atoms. The Balaban J connectivity index is 2.01. The topological polar surface area (TPSA) is 76.0 Å². The van der Waals surface area contributed by atoms with Gasteiger partial charge in [-0.2, -0.15) is 0 Å². The second-order valence-corrected chi connectivity index (χ2v) is 8.11. The van der Waals surface area contributed by atoms with Crippen LogP contribution in [0.2, 0.25) is 0 Å². The molecule has 0 aliphatic carbocycles.